The number of benzene rings is 2. The van der Waals surface area contributed by atoms with E-state index in [-0.39, 0.29) is 0 Å². The van der Waals surface area contributed by atoms with E-state index in [1.807, 2.05) is 31.2 Å². The third-order valence-electron chi connectivity index (χ3n) is 3.41. The molecule has 2 N–H and O–H groups in total. The summed E-state index contributed by atoms with van der Waals surface area (Å²) in [5.41, 5.74) is 4.48. The lowest BCUT2D eigenvalue weighted by molar-refractivity contribution is 0.191. The highest BCUT2D eigenvalue weighted by Gasteiger charge is 2.09. The average Bonchev–Trinajstić information content (AvgIpc) is 2.46. The van der Waals surface area contributed by atoms with Crippen LogP contribution >= 0.6 is 0 Å². The molecule has 2 rings (SSSR count). The third-order valence-corrected chi connectivity index (χ3v) is 3.41. The molecule has 0 bridgehead atoms. The average molecular weight is 255 g/mol. The Morgan fingerprint density at radius 1 is 1.05 bits per heavy atom. The third kappa shape index (κ3) is 3.58. The van der Waals surface area contributed by atoms with Crippen LogP contribution in [0.3, 0.4) is 0 Å². The topological polar surface area (TPSA) is 32.3 Å². The second-order valence-electron chi connectivity index (χ2n) is 4.80. The van der Waals surface area contributed by atoms with E-state index in [4.69, 9.17) is 0 Å². The molecule has 0 fully saturated rings. The monoisotopic (exact) mass is 255 g/mol. The summed E-state index contributed by atoms with van der Waals surface area (Å²) in [5.74, 6) is 0. The Labute approximate surface area is 115 Å². The van der Waals surface area contributed by atoms with Crippen LogP contribution in [-0.4, -0.2) is 11.7 Å². The number of nitrogens with one attached hydrogen (secondary N) is 1. The number of aliphatic hydroxyl groups is 1. The predicted octanol–water partition coefficient (Wildman–Crippen LogP) is 3.70. The fourth-order valence-corrected chi connectivity index (χ4v) is 2.14. The molecule has 0 aliphatic carbocycles. The fourth-order valence-electron chi connectivity index (χ4n) is 2.14. The van der Waals surface area contributed by atoms with Crippen molar-refractivity contribution in [1.82, 2.24) is 0 Å². The highest BCUT2D eigenvalue weighted by molar-refractivity contribution is 5.45. The van der Waals surface area contributed by atoms with Crippen molar-refractivity contribution < 1.29 is 5.11 Å². The van der Waals surface area contributed by atoms with E-state index in [2.05, 4.69) is 36.5 Å². The van der Waals surface area contributed by atoms with Crippen LogP contribution in [0.25, 0.3) is 0 Å². The van der Waals surface area contributed by atoms with Gasteiger partial charge in [-0.05, 0) is 42.2 Å². The molecule has 0 spiro atoms. The molecule has 2 nitrogen and oxygen atoms in total. The van der Waals surface area contributed by atoms with Gasteiger partial charge in [0.2, 0.25) is 0 Å². The Hall–Kier alpha value is -1.80. The Morgan fingerprint density at radius 3 is 2.37 bits per heavy atom. The number of aliphatic hydroxyl groups excluding tert-OH is 1. The van der Waals surface area contributed by atoms with Crippen molar-refractivity contribution >= 4 is 5.69 Å². The van der Waals surface area contributed by atoms with Gasteiger partial charge in [-0.15, -0.1) is 0 Å². The summed E-state index contributed by atoms with van der Waals surface area (Å²) in [6.45, 7) is 4.69. The molecule has 2 aromatic carbocycles. The van der Waals surface area contributed by atoms with Crippen molar-refractivity contribution in [2.24, 2.45) is 0 Å². The van der Waals surface area contributed by atoms with Gasteiger partial charge in [0.1, 0.15) is 0 Å². The van der Waals surface area contributed by atoms with Crippen LogP contribution in [0.1, 0.15) is 29.7 Å². The van der Waals surface area contributed by atoms with Gasteiger partial charge in [0, 0.05) is 12.2 Å². The lowest BCUT2D eigenvalue weighted by Crippen LogP contribution is -2.13. The van der Waals surface area contributed by atoms with Gasteiger partial charge in [0.15, 0.2) is 0 Å². The van der Waals surface area contributed by atoms with Gasteiger partial charge in [-0.3, -0.25) is 0 Å². The first-order valence-corrected chi connectivity index (χ1v) is 6.77. The first-order valence-electron chi connectivity index (χ1n) is 6.77. The maximum Gasteiger partial charge on any atom is 0.0964 e. The molecule has 19 heavy (non-hydrogen) atoms. The Balaban J connectivity index is 1.96. The fraction of sp³-hybridized carbons (Fsp3) is 0.294. The standard InChI is InChI=1S/C17H21NO/c1-3-14-8-10-15(11-9-14)18-12-17(19)16-7-5-4-6-13(16)2/h4-11,17-19H,3,12H2,1-2H3. The van der Waals surface area contributed by atoms with E-state index in [1.165, 1.54) is 5.56 Å². The lowest BCUT2D eigenvalue weighted by Gasteiger charge is -2.15. The molecule has 1 atom stereocenters. The molecule has 0 saturated carbocycles. The SMILES string of the molecule is CCc1ccc(NCC(O)c2ccccc2C)cc1. The second kappa shape index (κ2) is 6.39. The van der Waals surface area contributed by atoms with Gasteiger partial charge in [0.05, 0.1) is 6.10 Å². The molecule has 1 unspecified atom stereocenters. The first kappa shape index (κ1) is 13.6. The van der Waals surface area contributed by atoms with Crippen LogP contribution in [0.4, 0.5) is 5.69 Å². The molecular formula is C17H21NO. The van der Waals surface area contributed by atoms with Crippen molar-refractivity contribution in [2.45, 2.75) is 26.4 Å². The van der Waals surface area contributed by atoms with Gasteiger partial charge in [-0.1, -0.05) is 43.3 Å². The van der Waals surface area contributed by atoms with Gasteiger partial charge < -0.3 is 10.4 Å². The van der Waals surface area contributed by atoms with E-state index in [9.17, 15) is 5.11 Å². The highest BCUT2D eigenvalue weighted by atomic mass is 16.3. The van der Waals surface area contributed by atoms with Crippen LogP contribution in [0.2, 0.25) is 0 Å². The molecule has 100 valence electrons. The zero-order valence-electron chi connectivity index (χ0n) is 11.6. The molecule has 0 aliphatic rings. The summed E-state index contributed by atoms with van der Waals surface area (Å²) >= 11 is 0. The highest BCUT2D eigenvalue weighted by Crippen LogP contribution is 2.18. The van der Waals surface area contributed by atoms with Crippen LogP contribution < -0.4 is 5.32 Å². The lowest BCUT2D eigenvalue weighted by atomic mass is 10.0. The van der Waals surface area contributed by atoms with Crippen LogP contribution in [0, 0.1) is 6.92 Å². The molecule has 0 aliphatic heterocycles. The zero-order valence-corrected chi connectivity index (χ0v) is 11.6. The number of anilines is 1. The Morgan fingerprint density at radius 2 is 1.74 bits per heavy atom. The molecule has 0 radical (unpaired) electrons. The molecule has 0 saturated heterocycles. The predicted molar refractivity (Wildman–Crippen MR) is 80.4 cm³/mol. The number of rotatable bonds is 5. The number of aryl methyl sites for hydroxylation is 2. The van der Waals surface area contributed by atoms with Gasteiger partial charge in [0.25, 0.3) is 0 Å². The first-order chi connectivity index (χ1) is 9.20. The van der Waals surface area contributed by atoms with Crippen LogP contribution in [0.15, 0.2) is 48.5 Å². The van der Waals surface area contributed by atoms with E-state index in [1.54, 1.807) is 0 Å². The van der Waals surface area contributed by atoms with Crippen molar-refractivity contribution in [3.63, 3.8) is 0 Å². The summed E-state index contributed by atoms with van der Waals surface area (Å²) in [6, 6.07) is 16.3. The maximum absolute atomic E-state index is 10.2. The van der Waals surface area contributed by atoms with Gasteiger partial charge in [-0.2, -0.15) is 0 Å². The quantitative estimate of drug-likeness (QED) is 0.853. The summed E-state index contributed by atoms with van der Waals surface area (Å²) in [7, 11) is 0. The minimum absolute atomic E-state index is 0.480. The zero-order chi connectivity index (χ0) is 13.7. The van der Waals surface area contributed by atoms with Crippen LogP contribution in [-0.2, 0) is 6.42 Å². The van der Waals surface area contributed by atoms with E-state index < -0.39 is 6.10 Å². The van der Waals surface area contributed by atoms with Crippen molar-refractivity contribution in [3.8, 4) is 0 Å². The van der Waals surface area contributed by atoms with Gasteiger partial charge in [-0.25, -0.2) is 0 Å². The minimum atomic E-state index is -0.480. The molecule has 0 amide bonds. The minimum Gasteiger partial charge on any atom is -0.387 e. The smallest absolute Gasteiger partial charge is 0.0964 e. The van der Waals surface area contributed by atoms with Gasteiger partial charge >= 0.3 is 0 Å². The molecule has 2 heteroatoms. The molecule has 0 aromatic heterocycles. The van der Waals surface area contributed by atoms with E-state index >= 15 is 0 Å². The van der Waals surface area contributed by atoms with E-state index in [0.717, 1.165) is 23.2 Å². The molecular weight excluding hydrogens is 234 g/mol. The van der Waals surface area contributed by atoms with E-state index in [0.29, 0.717) is 6.54 Å². The summed E-state index contributed by atoms with van der Waals surface area (Å²) in [4.78, 5) is 0. The van der Waals surface area contributed by atoms with Crippen molar-refractivity contribution in [3.05, 3.63) is 65.2 Å². The summed E-state index contributed by atoms with van der Waals surface area (Å²) in [5, 5.41) is 13.5. The van der Waals surface area contributed by atoms with Crippen LogP contribution in [0.5, 0.6) is 0 Å². The Kier molecular flexibility index (Phi) is 4.58. The molecule has 0 heterocycles. The normalized spacial score (nSPS) is 12.2. The Bertz CT molecular complexity index is 519. The molecule has 2 aromatic rings. The maximum atomic E-state index is 10.2. The van der Waals surface area contributed by atoms with Crippen molar-refractivity contribution in [2.75, 3.05) is 11.9 Å². The second-order valence-corrected chi connectivity index (χ2v) is 4.80. The summed E-state index contributed by atoms with van der Waals surface area (Å²) in [6.07, 6.45) is 0.568. The number of hydrogen-bond donors (Lipinski definition) is 2. The largest absolute Gasteiger partial charge is 0.387 e. The number of hydrogen-bond acceptors (Lipinski definition) is 2. The summed E-state index contributed by atoms with van der Waals surface area (Å²) < 4.78 is 0. The van der Waals surface area contributed by atoms with Crippen molar-refractivity contribution in [1.29, 1.82) is 0 Å².